The summed E-state index contributed by atoms with van der Waals surface area (Å²) in [6.45, 7) is 3.90. The van der Waals surface area contributed by atoms with E-state index in [4.69, 9.17) is 4.42 Å². The van der Waals surface area contributed by atoms with Crippen LogP contribution in [-0.4, -0.2) is 5.11 Å². The van der Waals surface area contributed by atoms with Crippen LogP contribution >= 0.6 is 0 Å². The fourth-order valence-corrected chi connectivity index (χ4v) is 2.41. The van der Waals surface area contributed by atoms with Crippen LogP contribution in [-0.2, 0) is 6.42 Å². The van der Waals surface area contributed by atoms with Gasteiger partial charge in [-0.05, 0) is 35.8 Å². The Morgan fingerprint density at radius 2 is 2.00 bits per heavy atom. The molecule has 1 heterocycles. The number of aromatic hydroxyl groups is 1. The fraction of sp³-hybridized carbons (Fsp3) is 0.0500. The Morgan fingerprint density at radius 1 is 1.13 bits per heavy atom. The normalized spacial score (nSPS) is 16.6. The van der Waals surface area contributed by atoms with Crippen molar-refractivity contribution in [2.45, 2.75) is 6.42 Å². The smallest absolute Gasteiger partial charge is 0.196 e. The summed E-state index contributed by atoms with van der Waals surface area (Å²) in [5.41, 5.74) is 2.38. The van der Waals surface area contributed by atoms with E-state index in [1.807, 2.05) is 30.4 Å². The van der Waals surface area contributed by atoms with Crippen LogP contribution in [0.15, 0.2) is 82.3 Å². The molecule has 0 aliphatic heterocycles. The lowest BCUT2D eigenvalue weighted by Gasteiger charge is -2.07. The van der Waals surface area contributed by atoms with Crippen LogP contribution in [0.3, 0.4) is 0 Å². The van der Waals surface area contributed by atoms with Crippen molar-refractivity contribution in [3.63, 3.8) is 0 Å². The first-order chi connectivity index (χ1) is 11.1. The number of benzene rings is 1. The van der Waals surface area contributed by atoms with E-state index in [1.54, 1.807) is 30.3 Å². The monoisotopic (exact) mass is 304 g/mol. The molecule has 114 valence electrons. The highest BCUT2D eigenvalue weighted by molar-refractivity contribution is 5.66. The summed E-state index contributed by atoms with van der Waals surface area (Å²) in [5, 5.41) is 9.61. The molecule has 0 saturated carbocycles. The molecule has 1 aromatic carbocycles. The molecule has 0 amide bonds. The van der Waals surface area contributed by atoms with Crippen molar-refractivity contribution in [2.75, 3.05) is 0 Å². The highest BCUT2D eigenvalue weighted by Crippen LogP contribution is 2.23. The largest absolute Gasteiger partial charge is 0.508 e. The number of allylic oxidation sites excluding steroid dienone is 6. The molecule has 3 nitrogen and oxygen atoms in total. The van der Waals surface area contributed by atoms with Gasteiger partial charge in [-0.3, -0.25) is 4.79 Å². The summed E-state index contributed by atoms with van der Waals surface area (Å²) in [4.78, 5) is 12.8. The standard InChI is InChI=1S/C20H16O3/c1-14-6-3-2-4-9-17-19(11-10-14)23-13-18(20(17)22)15-7-5-8-16(21)12-15/h2-8,10-13,21H,1,9H2/b4-2-,6-3-,11-10?. The van der Waals surface area contributed by atoms with E-state index < -0.39 is 0 Å². The molecule has 0 spiro atoms. The Bertz CT molecular complexity index is 895. The van der Waals surface area contributed by atoms with Crippen LogP contribution in [0.25, 0.3) is 17.2 Å². The van der Waals surface area contributed by atoms with Gasteiger partial charge in [0.25, 0.3) is 0 Å². The molecule has 1 N–H and O–H groups in total. The first-order valence-corrected chi connectivity index (χ1v) is 7.29. The van der Waals surface area contributed by atoms with Gasteiger partial charge in [0, 0.05) is 5.56 Å². The number of hydrogen-bond donors (Lipinski definition) is 1. The van der Waals surface area contributed by atoms with E-state index in [-0.39, 0.29) is 11.2 Å². The Balaban J connectivity index is 2.15. The van der Waals surface area contributed by atoms with Crippen molar-refractivity contribution in [1.29, 1.82) is 0 Å². The minimum absolute atomic E-state index is 0.0960. The van der Waals surface area contributed by atoms with Crippen LogP contribution < -0.4 is 5.43 Å². The summed E-state index contributed by atoms with van der Waals surface area (Å²) in [7, 11) is 0. The van der Waals surface area contributed by atoms with Gasteiger partial charge in [-0.15, -0.1) is 0 Å². The van der Waals surface area contributed by atoms with Crippen LogP contribution in [0.5, 0.6) is 5.75 Å². The van der Waals surface area contributed by atoms with Gasteiger partial charge in [0.1, 0.15) is 17.8 Å². The maximum atomic E-state index is 12.8. The van der Waals surface area contributed by atoms with Crippen LogP contribution in [0, 0.1) is 0 Å². The van der Waals surface area contributed by atoms with Crippen molar-refractivity contribution in [3.05, 3.63) is 94.6 Å². The lowest BCUT2D eigenvalue weighted by molar-refractivity contribution is 0.475. The van der Waals surface area contributed by atoms with E-state index in [1.165, 1.54) is 6.26 Å². The number of phenolic OH excluding ortho intramolecular Hbond substituents is 1. The molecular weight excluding hydrogens is 288 g/mol. The van der Waals surface area contributed by atoms with E-state index in [0.717, 1.165) is 5.57 Å². The summed E-state index contributed by atoms with van der Waals surface area (Å²) in [6.07, 6.45) is 13.1. The number of hydrogen-bond acceptors (Lipinski definition) is 3. The maximum Gasteiger partial charge on any atom is 0.196 e. The van der Waals surface area contributed by atoms with Gasteiger partial charge in [0.15, 0.2) is 5.43 Å². The zero-order valence-corrected chi connectivity index (χ0v) is 12.5. The summed E-state index contributed by atoms with van der Waals surface area (Å²) in [6, 6.07) is 6.59. The molecule has 0 atom stereocenters. The summed E-state index contributed by atoms with van der Waals surface area (Å²) < 4.78 is 5.67. The van der Waals surface area contributed by atoms with Gasteiger partial charge in [-0.1, -0.05) is 49.1 Å². The minimum atomic E-state index is -0.0960. The molecular formula is C20H16O3. The van der Waals surface area contributed by atoms with Crippen molar-refractivity contribution < 1.29 is 9.52 Å². The van der Waals surface area contributed by atoms with Crippen LogP contribution in [0.4, 0.5) is 0 Å². The molecule has 0 saturated heterocycles. The second-order valence-corrected chi connectivity index (χ2v) is 5.27. The minimum Gasteiger partial charge on any atom is -0.508 e. The Morgan fingerprint density at radius 3 is 2.83 bits per heavy atom. The van der Waals surface area contributed by atoms with Gasteiger partial charge < -0.3 is 9.52 Å². The average Bonchev–Trinajstić information content (AvgIpc) is 2.54. The second-order valence-electron chi connectivity index (χ2n) is 5.27. The third kappa shape index (κ3) is 3.24. The van der Waals surface area contributed by atoms with Crippen LogP contribution in [0.1, 0.15) is 11.3 Å². The Hall–Kier alpha value is -3.07. The van der Waals surface area contributed by atoms with Crippen LogP contribution in [0.2, 0.25) is 0 Å². The van der Waals surface area contributed by atoms with Gasteiger partial charge in [-0.2, -0.15) is 0 Å². The topological polar surface area (TPSA) is 50.4 Å². The molecule has 3 rings (SSSR count). The molecule has 0 fully saturated rings. The molecule has 0 bridgehead atoms. The highest BCUT2D eigenvalue weighted by Gasteiger charge is 2.13. The summed E-state index contributed by atoms with van der Waals surface area (Å²) in [5.74, 6) is 0.642. The van der Waals surface area contributed by atoms with Crippen molar-refractivity contribution in [2.24, 2.45) is 0 Å². The lowest BCUT2D eigenvalue weighted by atomic mass is 10.0. The quantitative estimate of drug-likeness (QED) is 0.857. The van der Waals surface area contributed by atoms with Gasteiger partial charge >= 0.3 is 0 Å². The third-order valence-corrected chi connectivity index (χ3v) is 3.61. The number of phenols is 1. The molecule has 1 aromatic heterocycles. The molecule has 0 radical (unpaired) electrons. The molecule has 23 heavy (non-hydrogen) atoms. The third-order valence-electron chi connectivity index (χ3n) is 3.61. The zero-order chi connectivity index (χ0) is 16.2. The summed E-state index contributed by atoms with van der Waals surface area (Å²) >= 11 is 0. The predicted molar refractivity (Wildman–Crippen MR) is 92.2 cm³/mol. The molecule has 3 heteroatoms. The molecule has 2 aromatic rings. The first-order valence-electron chi connectivity index (χ1n) is 7.29. The van der Waals surface area contributed by atoms with E-state index >= 15 is 0 Å². The average molecular weight is 304 g/mol. The van der Waals surface area contributed by atoms with Crippen molar-refractivity contribution in [1.82, 2.24) is 0 Å². The predicted octanol–water partition coefficient (Wildman–Crippen LogP) is 4.25. The SMILES string of the molecule is C=C1C=Cc2occ(-c3cccc(O)c3)c(=O)c2C/C=C\C=C/1. The van der Waals surface area contributed by atoms with E-state index in [2.05, 4.69) is 6.58 Å². The van der Waals surface area contributed by atoms with Gasteiger partial charge in [0.05, 0.1) is 5.56 Å². The van der Waals surface area contributed by atoms with Gasteiger partial charge in [-0.25, -0.2) is 0 Å². The first kappa shape index (κ1) is 14.9. The number of rotatable bonds is 1. The molecule has 0 unspecified atom stereocenters. The zero-order valence-electron chi connectivity index (χ0n) is 12.5. The fourth-order valence-electron chi connectivity index (χ4n) is 2.41. The molecule has 1 aliphatic carbocycles. The molecule has 1 aliphatic rings. The lowest BCUT2D eigenvalue weighted by Crippen LogP contribution is -2.12. The van der Waals surface area contributed by atoms with Crippen molar-refractivity contribution in [3.8, 4) is 16.9 Å². The van der Waals surface area contributed by atoms with Crippen molar-refractivity contribution >= 4 is 6.08 Å². The maximum absolute atomic E-state index is 12.8. The Kier molecular flexibility index (Phi) is 4.11. The second kappa shape index (κ2) is 6.36. The van der Waals surface area contributed by atoms with E-state index in [9.17, 15) is 9.90 Å². The number of fused-ring (bicyclic) bond motifs is 1. The Labute approximate surface area is 134 Å². The van der Waals surface area contributed by atoms with Gasteiger partial charge in [0.2, 0.25) is 0 Å². The van der Waals surface area contributed by atoms with E-state index in [0.29, 0.717) is 28.9 Å². The highest BCUT2D eigenvalue weighted by atomic mass is 16.3.